The maximum absolute atomic E-state index is 12.4. The van der Waals surface area contributed by atoms with Crippen LogP contribution in [0.4, 0.5) is 0 Å². The summed E-state index contributed by atoms with van der Waals surface area (Å²) >= 11 is 6.16. The van der Waals surface area contributed by atoms with Gasteiger partial charge in [0.25, 0.3) is 5.91 Å². The summed E-state index contributed by atoms with van der Waals surface area (Å²) in [6, 6.07) is 13.8. The van der Waals surface area contributed by atoms with Gasteiger partial charge in [0.05, 0.1) is 16.6 Å². The number of rotatable bonds is 3. The normalized spacial score (nSPS) is 12.8. The molecule has 0 aliphatic heterocycles. The third kappa shape index (κ3) is 4.35. The molecule has 2 rings (SSSR count). The van der Waals surface area contributed by atoms with E-state index >= 15 is 0 Å². The van der Waals surface area contributed by atoms with Crippen molar-refractivity contribution in [2.24, 2.45) is 0 Å². The fourth-order valence-electron chi connectivity index (χ4n) is 2.43. The molecule has 2 aromatic rings. The minimum absolute atomic E-state index is 0.0751. The maximum atomic E-state index is 12.4. The first-order valence-corrected chi connectivity index (χ1v) is 8.24. The van der Waals surface area contributed by atoms with Gasteiger partial charge in [-0.2, -0.15) is 0 Å². The highest BCUT2D eigenvalue weighted by Gasteiger charge is 2.16. The SMILES string of the molecule is Cc1ccc(C(=O)N[C@@H](C)c2ccc(C(C)(C)C)cc2)c(Cl)c1. The zero-order valence-electron chi connectivity index (χ0n) is 14.4. The Kier molecular flexibility index (Phi) is 5.16. The van der Waals surface area contributed by atoms with Gasteiger partial charge in [0.2, 0.25) is 0 Å². The number of carbonyl (C=O) groups is 1. The van der Waals surface area contributed by atoms with Crippen molar-refractivity contribution in [2.45, 2.75) is 46.1 Å². The molecule has 122 valence electrons. The first-order chi connectivity index (χ1) is 10.7. The average Bonchev–Trinajstić information content (AvgIpc) is 2.46. The Morgan fingerprint density at radius 1 is 1.09 bits per heavy atom. The number of hydrogen-bond donors (Lipinski definition) is 1. The van der Waals surface area contributed by atoms with Crippen molar-refractivity contribution in [3.63, 3.8) is 0 Å². The second kappa shape index (κ2) is 6.76. The van der Waals surface area contributed by atoms with E-state index in [2.05, 4.69) is 50.4 Å². The number of hydrogen-bond acceptors (Lipinski definition) is 1. The Morgan fingerprint density at radius 2 is 1.70 bits per heavy atom. The molecule has 1 atom stereocenters. The third-order valence-corrected chi connectivity index (χ3v) is 4.31. The van der Waals surface area contributed by atoms with Crippen LogP contribution in [-0.4, -0.2) is 5.91 Å². The molecule has 2 nitrogen and oxygen atoms in total. The van der Waals surface area contributed by atoms with Crippen molar-refractivity contribution in [1.82, 2.24) is 5.32 Å². The summed E-state index contributed by atoms with van der Waals surface area (Å²) in [5.74, 6) is -0.151. The van der Waals surface area contributed by atoms with Crippen molar-refractivity contribution in [3.05, 3.63) is 69.7 Å². The Bertz CT molecular complexity index is 699. The van der Waals surface area contributed by atoms with Gasteiger partial charge >= 0.3 is 0 Å². The lowest BCUT2D eigenvalue weighted by Gasteiger charge is -2.21. The van der Waals surface area contributed by atoms with Crippen molar-refractivity contribution >= 4 is 17.5 Å². The molecule has 0 heterocycles. The molecule has 0 radical (unpaired) electrons. The van der Waals surface area contributed by atoms with Crippen LogP contribution in [0, 0.1) is 6.92 Å². The van der Waals surface area contributed by atoms with Gasteiger partial charge in [0, 0.05) is 0 Å². The van der Waals surface area contributed by atoms with Crippen LogP contribution in [0.1, 0.15) is 60.8 Å². The standard InChI is InChI=1S/C20H24ClNO/c1-13-6-11-17(18(21)12-13)19(23)22-14(2)15-7-9-16(10-8-15)20(3,4)5/h6-12,14H,1-5H3,(H,22,23)/t14-/m0/s1. The first-order valence-electron chi connectivity index (χ1n) is 7.86. The van der Waals surface area contributed by atoms with Crippen molar-refractivity contribution in [3.8, 4) is 0 Å². The zero-order valence-corrected chi connectivity index (χ0v) is 15.2. The molecule has 0 saturated carbocycles. The van der Waals surface area contributed by atoms with E-state index in [1.54, 1.807) is 12.1 Å². The van der Waals surface area contributed by atoms with E-state index in [1.165, 1.54) is 5.56 Å². The zero-order chi connectivity index (χ0) is 17.2. The largest absolute Gasteiger partial charge is 0.345 e. The maximum Gasteiger partial charge on any atom is 0.253 e. The first kappa shape index (κ1) is 17.6. The summed E-state index contributed by atoms with van der Waals surface area (Å²) in [4.78, 5) is 12.4. The number of nitrogens with one attached hydrogen (secondary N) is 1. The highest BCUT2D eigenvalue weighted by molar-refractivity contribution is 6.33. The fraction of sp³-hybridized carbons (Fsp3) is 0.350. The minimum atomic E-state index is -0.151. The fourth-order valence-corrected chi connectivity index (χ4v) is 2.75. The molecule has 0 aliphatic rings. The molecule has 0 saturated heterocycles. The van der Waals surface area contributed by atoms with Crippen LogP contribution in [0.15, 0.2) is 42.5 Å². The number of carbonyl (C=O) groups excluding carboxylic acids is 1. The predicted molar refractivity (Wildman–Crippen MR) is 97.2 cm³/mol. The van der Waals surface area contributed by atoms with E-state index in [0.29, 0.717) is 10.6 Å². The van der Waals surface area contributed by atoms with Gasteiger partial charge in [-0.3, -0.25) is 4.79 Å². The number of halogens is 1. The van der Waals surface area contributed by atoms with Crippen LogP contribution >= 0.6 is 11.6 Å². The molecule has 1 amide bonds. The third-order valence-electron chi connectivity index (χ3n) is 3.99. The summed E-state index contributed by atoms with van der Waals surface area (Å²) in [7, 11) is 0. The van der Waals surface area contributed by atoms with Crippen LogP contribution in [0.3, 0.4) is 0 Å². The van der Waals surface area contributed by atoms with E-state index in [4.69, 9.17) is 11.6 Å². The van der Waals surface area contributed by atoms with Crippen LogP contribution in [0.25, 0.3) is 0 Å². The van der Waals surface area contributed by atoms with Crippen LogP contribution in [-0.2, 0) is 5.41 Å². The number of aryl methyl sites for hydroxylation is 1. The molecule has 0 spiro atoms. The van der Waals surface area contributed by atoms with E-state index in [1.807, 2.05) is 19.9 Å². The van der Waals surface area contributed by atoms with Crippen LogP contribution in [0.5, 0.6) is 0 Å². The summed E-state index contributed by atoms with van der Waals surface area (Å²) in [5.41, 5.74) is 4.03. The molecule has 0 bridgehead atoms. The van der Waals surface area contributed by atoms with Crippen molar-refractivity contribution in [2.75, 3.05) is 0 Å². The Labute approximate surface area is 143 Å². The van der Waals surface area contributed by atoms with Gasteiger partial charge in [-0.15, -0.1) is 0 Å². The molecule has 0 aromatic heterocycles. The lowest BCUT2D eigenvalue weighted by atomic mass is 9.86. The highest BCUT2D eigenvalue weighted by atomic mass is 35.5. The van der Waals surface area contributed by atoms with Crippen molar-refractivity contribution < 1.29 is 4.79 Å². The second-order valence-corrected chi connectivity index (χ2v) is 7.46. The lowest BCUT2D eigenvalue weighted by Crippen LogP contribution is -2.27. The van der Waals surface area contributed by atoms with Crippen molar-refractivity contribution in [1.29, 1.82) is 0 Å². The van der Waals surface area contributed by atoms with E-state index < -0.39 is 0 Å². The lowest BCUT2D eigenvalue weighted by molar-refractivity contribution is 0.0940. The van der Waals surface area contributed by atoms with E-state index in [9.17, 15) is 4.79 Å². The molecule has 0 fully saturated rings. The molecule has 0 unspecified atom stereocenters. The summed E-state index contributed by atoms with van der Waals surface area (Å²) in [6.07, 6.45) is 0. The summed E-state index contributed by atoms with van der Waals surface area (Å²) in [6.45, 7) is 10.5. The van der Waals surface area contributed by atoms with Gasteiger partial charge in [0.15, 0.2) is 0 Å². The van der Waals surface area contributed by atoms with Gasteiger partial charge in [-0.1, -0.05) is 62.7 Å². The van der Waals surface area contributed by atoms with Gasteiger partial charge in [-0.25, -0.2) is 0 Å². The van der Waals surface area contributed by atoms with E-state index in [0.717, 1.165) is 11.1 Å². The summed E-state index contributed by atoms with van der Waals surface area (Å²) in [5, 5.41) is 3.49. The Morgan fingerprint density at radius 3 is 2.22 bits per heavy atom. The molecule has 3 heteroatoms. The highest BCUT2D eigenvalue weighted by Crippen LogP contribution is 2.24. The molecule has 1 N–H and O–H groups in total. The smallest absolute Gasteiger partial charge is 0.253 e. The van der Waals surface area contributed by atoms with Gasteiger partial charge < -0.3 is 5.32 Å². The molecule has 23 heavy (non-hydrogen) atoms. The second-order valence-electron chi connectivity index (χ2n) is 7.05. The average molecular weight is 330 g/mol. The molecular formula is C20H24ClNO. The van der Waals surface area contributed by atoms with E-state index in [-0.39, 0.29) is 17.4 Å². The predicted octanol–water partition coefficient (Wildman–Crippen LogP) is 5.44. The number of amides is 1. The molecule has 0 aliphatic carbocycles. The number of benzene rings is 2. The van der Waals surface area contributed by atoms with Gasteiger partial charge in [0.1, 0.15) is 0 Å². The monoisotopic (exact) mass is 329 g/mol. The molecular weight excluding hydrogens is 306 g/mol. The van der Waals surface area contributed by atoms with Crippen LogP contribution in [0.2, 0.25) is 5.02 Å². The van der Waals surface area contributed by atoms with Gasteiger partial charge in [-0.05, 0) is 48.1 Å². The Balaban J connectivity index is 2.12. The minimum Gasteiger partial charge on any atom is -0.345 e. The Hall–Kier alpha value is -1.80. The molecule has 2 aromatic carbocycles. The quantitative estimate of drug-likeness (QED) is 0.798. The summed E-state index contributed by atoms with van der Waals surface area (Å²) < 4.78 is 0. The topological polar surface area (TPSA) is 29.1 Å². The van der Waals surface area contributed by atoms with Crippen LogP contribution < -0.4 is 5.32 Å².